The van der Waals surface area contributed by atoms with Crippen molar-refractivity contribution in [2.75, 3.05) is 10.8 Å². The molecule has 3 aromatic carbocycles. The van der Waals surface area contributed by atoms with Crippen LogP contribution in [0.15, 0.2) is 83.8 Å². The molecule has 0 heterocycles. The van der Waals surface area contributed by atoms with E-state index in [1.54, 1.807) is 25.1 Å². The molecule has 40 heavy (non-hydrogen) atoms. The molecule has 0 spiro atoms. The zero-order chi connectivity index (χ0) is 28.7. The van der Waals surface area contributed by atoms with E-state index >= 15 is 0 Å². The minimum absolute atomic E-state index is 0.00603. The summed E-state index contributed by atoms with van der Waals surface area (Å²) < 4.78 is 28.7. The van der Waals surface area contributed by atoms with Crippen LogP contribution in [0.3, 0.4) is 0 Å². The maximum absolute atomic E-state index is 14.0. The quantitative estimate of drug-likeness (QED) is 0.306. The highest BCUT2D eigenvalue weighted by Gasteiger charge is 2.34. The molecule has 0 saturated heterocycles. The standard InChI is InChI=1S/C30H33Cl2N3O4S/c1-22(30(37)33-25-13-7-3-8-14-25)34(20-23-11-5-2-6-12-23)29(36)21-35(28-18-17-24(31)19-27(28)32)40(38,39)26-15-9-4-10-16-26/h2,4-6,9-12,15-19,22,25H,3,7-8,13-14,20-21H2,1H3,(H,33,37)/t22-/m0/s1. The summed E-state index contributed by atoms with van der Waals surface area (Å²) in [7, 11) is -4.20. The number of sulfonamides is 1. The zero-order valence-electron chi connectivity index (χ0n) is 22.3. The molecule has 0 aliphatic heterocycles. The van der Waals surface area contributed by atoms with Crippen molar-refractivity contribution in [2.24, 2.45) is 0 Å². The number of rotatable bonds is 10. The third-order valence-corrected chi connectivity index (χ3v) is 9.41. The SMILES string of the molecule is C[C@@H](C(=O)NC1CCCCC1)N(Cc1ccccc1)C(=O)CN(c1ccc(Cl)cc1Cl)S(=O)(=O)c1ccccc1. The lowest BCUT2D eigenvalue weighted by Crippen LogP contribution is -2.53. The minimum atomic E-state index is -4.20. The molecule has 4 rings (SSSR count). The number of nitrogens with one attached hydrogen (secondary N) is 1. The van der Waals surface area contributed by atoms with Crippen LogP contribution in [0.4, 0.5) is 5.69 Å². The number of hydrogen-bond donors (Lipinski definition) is 1. The summed E-state index contributed by atoms with van der Waals surface area (Å²) in [5.41, 5.74) is 0.928. The molecule has 7 nitrogen and oxygen atoms in total. The normalized spacial score (nSPS) is 14.8. The highest BCUT2D eigenvalue weighted by Crippen LogP contribution is 2.33. The molecule has 1 fully saturated rings. The number of amides is 2. The lowest BCUT2D eigenvalue weighted by molar-refractivity contribution is -0.139. The Balaban J connectivity index is 1.68. The number of benzene rings is 3. The van der Waals surface area contributed by atoms with Gasteiger partial charge in [-0.05, 0) is 55.7 Å². The highest BCUT2D eigenvalue weighted by atomic mass is 35.5. The summed E-state index contributed by atoms with van der Waals surface area (Å²) in [6.45, 7) is 1.24. The Labute approximate surface area is 246 Å². The Morgan fingerprint density at radius 1 is 0.925 bits per heavy atom. The zero-order valence-corrected chi connectivity index (χ0v) is 24.6. The van der Waals surface area contributed by atoms with Gasteiger partial charge >= 0.3 is 0 Å². The van der Waals surface area contributed by atoms with Crippen molar-refractivity contribution in [1.82, 2.24) is 10.2 Å². The average molecular weight is 603 g/mol. The van der Waals surface area contributed by atoms with Crippen LogP contribution in [0.5, 0.6) is 0 Å². The second kappa shape index (κ2) is 13.5. The first-order valence-corrected chi connectivity index (χ1v) is 15.5. The largest absolute Gasteiger partial charge is 0.352 e. The summed E-state index contributed by atoms with van der Waals surface area (Å²) in [6.07, 6.45) is 5.08. The molecule has 0 unspecified atom stereocenters. The molecule has 1 saturated carbocycles. The van der Waals surface area contributed by atoms with Gasteiger partial charge in [-0.25, -0.2) is 8.42 Å². The Morgan fingerprint density at radius 2 is 1.55 bits per heavy atom. The van der Waals surface area contributed by atoms with Crippen molar-refractivity contribution >= 4 is 50.7 Å². The van der Waals surface area contributed by atoms with Crippen molar-refractivity contribution in [1.29, 1.82) is 0 Å². The molecule has 1 aliphatic carbocycles. The number of halogens is 2. The maximum atomic E-state index is 14.0. The van der Waals surface area contributed by atoms with Crippen LogP contribution in [0.1, 0.15) is 44.6 Å². The summed E-state index contributed by atoms with van der Waals surface area (Å²) in [5.74, 6) is -0.807. The van der Waals surface area contributed by atoms with Crippen LogP contribution < -0.4 is 9.62 Å². The van der Waals surface area contributed by atoms with E-state index in [9.17, 15) is 18.0 Å². The Bertz CT molecular complexity index is 1420. The number of hydrogen-bond acceptors (Lipinski definition) is 4. The summed E-state index contributed by atoms with van der Waals surface area (Å²) in [4.78, 5) is 28.8. The van der Waals surface area contributed by atoms with Gasteiger partial charge in [0, 0.05) is 17.6 Å². The van der Waals surface area contributed by atoms with E-state index in [1.807, 2.05) is 30.3 Å². The second-order valence-electron chi connectivity index (χ2n) is 9.95. The lowest BCUT2D eigenvalue weighted by Gasteiger charge is -2.33. The molecular formula is C30H33Cl2N3O4S. The van der Waals surface area contributed by atoms with Gasteiger partial charge in [-0.3, -0.25) is 13.9 Å². The molecule has 10 heteroatoms. The fourth-order valence-electron chi connectivity index (χ4n) is 4.85. The summed E-state index contributed by atoms with van der Waals surface area (Å²) in [5, 5.41) is 3.51. The Morgan fingerprint density at radius 3 is 2.17 bits per heavy atom. The average Bonchev–Trinajstić information content (AvgIpc) is 2.96. The molecule has 1 N–H and O–H groups in total. The number of nitrogens with zero attached hydrogens (tertiary/aromatic N) is 2. The Kier molecular flexibility index (Phi) is 10.1. The third-order valence-electron chi connectivity index (χ3n) is 7.10. The topological polar surface area (TPSA) is 86.8 Å². The van der Waals surface area contributed by atoms with E-state index in [1.165, 1.54) is 35.2 Å². The summed E-state index contributed by atoms with van der Waals surface area (Å²) >= 11 is 12.5. The fourth-order valence-corrected chi connectivity index (χ4v) is 6.86. The highest BCUT2D eigenvalue weighted by molar-refractivity contribution is 7.92. The minimum Gasteiger partial charge on any atom is -0.352 e. The third kappa shape index (κ3) is 7.36. The van der Waals surface area contributed by atoms with Crippen molar-refractivity contribution in [3.05, 3.63) is 94.5 Å². The van der Waals surface area contributed by atoms with Gasteiger partial charge in [0.1, 0.15) is 12.6 Å². The predicted molar refractivity (Wildman–Crippen MR) is 159 cm³/mol. The van der Waals surface area contributed by atoms with E-state index < -0.39 is 28.5 Å². The molecule has 0 aromatic heterocycles. The maximum Gasteiger partial charge on any atom is 0.264 e. The molecule has 0 radical (unpaired) electrons. The van der Waals surface area contributed by atoms with E-state index in [-0.39, 0.29) is 34.1 Å². The molecule has 212 valence electrons. The van der Waals surface area contributed by atoms with Crippen LogP contribution in [-0.2, 0) is 26.2 Å². The van der Waals surface area contributed by atoms with Crippen molar-refractivity contribution in [3.63, 3.8) is 0 Å². The van der Waals surface area contributed by atoms with E-state index in [2.05, 4.69) is 5.32 Å². The van der Waals surface area contributed by atoms with Gasteiger partial charge in [-0.2, -0.15) is 0 Å². The Hall–Kier alpha value is -3.07. The smallest absolute Gasteiger partial charge is 0.264 e. The molecule has 1 atom stereocenters. The van der Waals surface area contributed by atoms with Gasteiger partial charge in [0.05, 0.1) is 15.6 Å². The van der Waals surface area contributed by atoms with E-state index in [4.69, 9.17) is 23.2 Å². The summed E-state index contributed by atoms with van der Waals surface area (Å²) in [6, 6.07) is 20.8. The number of carbonyl (C=O) groups excluding carboxylic acids is 2. The van der Waals surface area contributed by atoms with Gasteiger partial charge in [0.25, 0.3) is 10.0 Å². The molecule has 1 aliphatic rings. The van der Waals surface area contributed by atoms with E-state index in [0.29, 0.717) is 5.02 Å². The lowest BCUT2D eigenvalue weighted by atomic mass is 9.95. The molecule has 2 amide bonds. The van der Waals surface area contributed by atoms with Crippen LogP contribution in [0.25, 0.3) is 0 Å². The fraction of sp³-hybridized carbons (Fsp3) is 0.333. The molecule has 0 bridgehead atoms. The van der Waals surface area contributed by atoms with Crippen molar-refractivity contribution in [2.45, 2.75) is 62.6 Å². The van der Waals surface area contributed by atoms with Crippen LogP contribution in [0, 0.1) is 0 Å². The van der Waals surface area contributed by atoms with Crippen LogP contribution in [0.2, 0.25) is 10.0 Å². The van der Waals surface area contributed by atoms with Gasteiger partial charge < -0.3 is 10.2 Å². The van der Waals surface area contributed by atoms with Gasteiger partial charge in [0.2, 0.25) is 11.8 Å². The first-order chi connectivity index (χ1) is 19.2. The van der Waals surface area contributed by atoms with Crippen LogP contribution >= 0.6 is 23.2 Å². The van der Waals surface area contributed by atoms with Crippen molar-refractivity contribution in [3.8, 4) is 0 Å². The molecular weight excluding hydrogens is 569 g/mol. The number of carbonyl (C=O) groups is 2. The van der Waals surface area contributed by atoms with E-state index in [0.717, 1.165) is 42.0 Å². The number of anilines is 1. The monoisotopic (exact) mass is 601 g/mol. The first kappa shape index (κ1) is 29.9. The van der Waals surface area contributed by atoms with Gasteiger partial charge in [0.15, 0.2) is 0 Å². The first-order valence-electron chi connectivity index (χ1n) is 13.3. The van der Waals surface area contributed by atoms with Gasteiger partial charge in [-0.1, -0.05) is 91.0 Å². The van der Waals surface area contributed by atoms with Crippen molar-refractivity contribution < 1.29 is 18.0 Å². The van der Waals surface area contributed by atoms with Crippen LogP contribution in [-0.4, -0.2) is 43.8 Å². The van der Waals surface area contributed by atoms with Gasteiger partial charge in [-0.15, -0.1) is 0 Å². The predicted octanol–water partition coefficient (Wildman–Crippen LogP) is 6.05. The molecule has 3 aromatic rings. The second-order valence-corrected chi connectivity index (χ2v) is 12.7.